The lowest BCUT2D eigenvalue weighted by Gasteiger charge is -2.26. The van der Waals surface area contributed by atoms with Crippen molar-refractivity contribution in [3.8, 4) is 0 Å². The first kappa shape index (κ1) is 16.7. The van der Waals surface area contributed by atoms with E-state index in [0.29, 0.717) is 6.54 Å². The Kier molecular flexibility index (Phi) is 5.16. The average molecular weight is 324 g/mol. The quantitative estimate of drug-likeness (QED) is 0.579. The van der Waals surface area contributed by atoms with Gasteiger partial charge in [0.2, 0.25) is 0 Å². The number of hydrogen-bond donors (Lipinski definition) is 0. The van der Waals surface area contributed by atoms with Gasteiger partial charge in [-0.15, -0.1) is 0 Å². The Hall–Kier alpha value is -2.62. The molecule has 1 saturated heterocycles. The lowest BCUT2D eigenvalue weighted by atomic mass is 10.0. The SMILES string of the molecule is O=[N+]([O-])c1cc([N+](=O)[O-])c(CCN2CCCCC2)c([N+](=O)[O-])c1. The molecule has 0 amide bonds. The van der Waals surface area contributed by atoms with E-state index in [0.717, 1.165) is 44.5 Å². The van der Waals surface area contributed by atoms with E-state index in [1.807, 2.05) is 0 Å². The predicted octanol–water partition coefficient (Wildman–Crippen LogP) is 2.44. The second-order valence-electron chi connectivity index (χ2n) is 5.39. The van der Waals surface area contributed by atoms with Crippen LogP contribution in [0.25, 0.3) is 0 Å². The normalized spacial score (nSPS) is 15.3. The summed E-state index contributed by atoms with van der Waals surface area (Å²) in [5, 5.41) is 33.2. The molecule has 0 aromatic heterocycles. The zero-order chi connectivity index (χ0) is 17.0. The lowest BCUT2D eigenvalue weighted by molar-refractivity contribution is -0.404. The van der Waals surface area contributed by atoms with Crippen LogP contribution in [0.4, 0.5) is 17.1 Å². The molecular formula is C13H16N4O6. The smallest absolute Gasteiger partial charge is 0.286 e. The molecule has 0 bridgehead atoms. The van der Waals surface area contributed by atoms with Gasteiger partial charge in [0.05, 0.1) is 26.9 Å². The largest absolute Gasteiger partial charge is 0.303 e. The summed E-state index contributed by atoms with van der Waals surface area (Å²) in [4.78, 5) is 32.8. The molecule has 0 aliphatic carbocycles. The first-order valence-corrected chi connectivity index (χ1v) is 7.22. The Bertz CT molecular complexity index is 606. The molecule has 1 fully saturated rings. The van der Waals surface area contributed by atoms with Crippen molar-refractivity contribution in [1.82, 2.24) is 4.90 Å². The summed E-state index contributed by atoms with van der Waals surface area (Å²) in [5.74, 6) is 0. The van der Waals surface area contributed by atoms with E-state index in [1.54, 1.807) is 0 Å². The number of hydrogen-bond acceptors (Lipinski definition) is 7. The molecule has 10 nitrogen and oxygen atoms in total. The number of piperidine rings is 1. The predicted molar refractivity (Wildman–Crippen MR) is 80.4 cm³/mol. The monoisotopic (exact) mass is 324 g/mol. The van der Waals surface area contributed by atoms with E-state index >= 15 is 0 Å². The molecule has 0 spiro atoms. The van der Waals surface area contributed by atoms with Crippen molar-refractivity contribution in [2.45, 2.75) is 25.7 Å². The molecule has 2 rings (SSSR count). The highest BCUT2D eigenvalue weighted by atomic mass is 16.6. The van der Waals surface area contributed by atoms with E-state index in [2.05, 4.69) is 4.90 Å². The van der Waals surface area contributed by atoms with Crippen LogP contribution >= 0.6 is 0 Å². The summed E-state index contributed by atoms with van der Waals surface area (Å²) in [5.41, 5.74) is -1.84. The van der Waals surface area contributed by atoms with Crippen LogP contribution in [0.3, 0.4) is 0 Å². The highest BCUT2D eigenvalue weighted by Crippen LogP contribution is 2.34. The summed E-state index contributed by atoms with van der Waals surface area (Å²) >= 11 is 0. The molecular weight excluding hydrogens is 308 g/mol. The molecule has 124 valence electrons. The van der Waals surface area contributed by atoms with Gasteiger partial charge in [-0.3, -0.25) is 30.3 Å². The number of nitro benzene ring substituents is 3. The van der Waals surface area contributed by atoms with Gasteiger partial charge in [0.15, 0.2) is 0 Å². The van der Waals surface area contributed by atoms with Crippen LogP contribution in [0.15, 0.2) is 12.1 Å². The van der Waals surface area contributed by atoms with Crippen LogP contribution < -0.4 is 0 Å². The lowest BCUT2D eigenvalue weighted by Crippen LogP contribution is -2.31. The third kappa shape index (κ3) is 3.97. The average Bonchev–Trinajstić information content (AvgIpc) is 2.52. The van der Waals surface area contributed by atoms with Gasteiger partial charge in [-0.1, -0.05) is 6.42 Å². The van der Waals surface area contributed by atoms with Crippen LogP contribution in [0, 0.1) is 30.3 Å². The number of benzene rings is 1. The number of likely N-dealkylation sites (tertiary alicyclic amines) is 1. The van der Waals surface area contributed by atoms with Gasteiger partial charge in [-0.05, 0) is 32.4 Å². The third-order valence-electron chi connectivity index (χ3n) is 3.92. The van der Waals surface area contributed by atoms with Gasteiger partial charge in [0, 0.05) is 6.54 Å². The molecule has 1 aromatic rings. The van der Waals surface area contributed by atoms with Gasteiger partial charge in [-0.25, -0.2) is 0 Å². The fraction of sp³-hybridized carbons (Fsp3) is 0.538. The molecule has 23 heavy (non-hydrogen) atoms. The van der Waals surface area contributed by atoms with E-state index in [-0.39, 0.29) is 12.0 Å². The fourth-order valence-corrected chi connectivity index (χ4v) is 2.77. The Balaban J connectivity index is 2.36. The standard InChI is InChI=1S/C13H16N4O6/c18-15(19)10-8-12(16(20)21)11(13(9-10)17(22)23)4-7-14-5-2-1-3-6-14/h8-9H,1-7H2. The fourth-order valence-electron chi connectivity index (χ4n) is 2.77. The summed E-state index contributed by atoms with van der Waals surface area (Å²) in [6, 6.07) is 1.58. The van der Waals surface area contributed by atoms with E-state index in [4.69, 9.17) is 0 Å². The summed E-state index contributed by atoms with van der Waals surface area (Å²) in [7, 11) is 0. The Morgan fingerprint density at radius 1 is 0.870 bits per heavy atom. The minimum Gasteiger partial charge on any atom is -0.303 e. The van der Waals surface area contributed by atoms with Gasteiger partial charge in [0.1, 0.15) is 5.56 Å². The van der Waals surface area contributed by atoms with E-state index in [9.17, 15) is 30.3 Å². The van der Waals surface area contributed by atoms with Crippen molar-refractivity contribution in [3.05, 3.63) is 48.0 Å². The minimum atomic E-state index is -0.867. The highest BCUT2D eigenvalue weighted by Gasteiger charge is 2.30. The van der Waals surface area contributed by atoms with Crippen LogP contribution in [0.2, 0.25) is 0 Å². The number of nitro groups is 3. The molecule has 0 atom stereocenters. The van der Waals surface area contributed by atoms with Crippen LogP contribution in [0.1, 0.15) is 24.8 Å². The van der Waals surface area contributed by atoms with Gasteiger partial charge in [-0.2, -0.15) is 0 Å². The highest BCUT2D eigenvalue weighted by molar-refractivity contribution is 5.60. The van der Waals surface area contributed by atoms with Gasteiger partial charge >= 0.3 is 0 Å². The molecule has 1 heterocycles. The van der Waals surface area contributed by atoms with E-state index in [1.165, 1.54) is 0 Å². The molecule has 0 saturated carbocycles. The topological polar surface area (TPSA) is 133 Å². The Morgan fingerprint density at radius 2 is 1.39 bits per heavy atom. The Labute approximate surface area is 131 Å². The number of nitrogens with zero attached hydrogens (tertiary/aromatic N) is 4. The Morgan fingerprint density at radius 3 is 1.83 bits per heavy atom. The van der Waals surface area contributed by atoms with Crippen LogP contribution in [-0.4, -0.2) is 39.3 Å². The summed E-state index contributed by atoms with van der Waals surface area (Å²) < 4.78 is 0. The summed E-state index contributed by atoms with van der Waals surface area (Å²) in [6.07, 6.45) is 3.31. The molecule has 1 aliphatic heterocycles. The summed E-state index contributed by atoms with van der Waals surface area (Å²) in [6.45, 7) is 2.17. The number of non-ortho nitro benzene ring substituents is 1. The van der Waals surface area contributed by atoms with Crippen molar-refractivity contribution in [3.63, 3.8) is 0 Å². The van der Waals surface area contributed by atoms with Crippen molar-refractivity contribution < 1.29 is 14.8 Å². The van der Waals surface area contributed by atoms with Crippen molar-refractivity contribution >= 4 is 17.1 Å². The van der Waals surface area contributed by atoms with E-state index < -0.39 is 31.8 Å². The van der Waals surface area contributed by atoms with Gasteiger partial charge in [0.25, 0.3) is 17.1 Å². The molecule has 10 heteroatoms. The molecule has 0 N–H and O–H groups in total. The maximum absolute atomic E-state index is 11.2. The maximum Gasteiger partial charge on any atom is 0.286 e. The zero-order valence-electron chi connectivity index (χ0n) is 12.3. The van der Waals surface area contributed by atoms with Crippen molar-refractivity contribution in [2.24, 2.45) is 0 Å². The second-order valence-corrected chi connectivity index (χ2v) is 5.39. The third-order valence-corrected chi connectivity index (χ3v) is 3.92. The van der Waals surface area contributed by atoms with Crippen molar-refractivity contribution in [2.75, 3.05) is 19.6 Å². The first-order chi connectivity index (χ1) is 10.9. The van der Waals surface area contributed by atoms with Crippen LogP contribution in [-0.2, 0) is 6.42 Å². The van der Waals surface area contributed by atoms with Crippen molar-refractivity contribution in [1.29, 1.82) is 0 Å². The van der Waals surface area contributed by atoms with Gasteiger partial charge < -0.3 is 4.90 Å². The number of rotatable bonds is 6. The zero-order valence-corrected chi connectivity index (χ0v) is 12.3. The molecule has 0 radical (unpaired) electrons. The molecule has 1 aliphatic rings. The second kappa shape index (κ2) is 7.09. The first-order valence-electron chi connectivity index (χ1n) is 7.22. The molecule has 1 aromatic carbocycles. The minimum absolute atomic E-state index is 0.0591. The molecule has 0 unspecified atom stereocenters. The van der Waals surface area contributed by atoms with Crippen LogP contribution in [0.5, 0.6) is 0 Å². The maximum atomic E-state index is 11.2.